The number of hydrogen-bond acceptors (Lipinski definition) is 1. The molecule has 0 saturated heterocycles. The summed E-state index contributed by atoms with van der Waals surface area (Å²) in [5, 5.41) is 0. The fourth-order valence-corrected chi connectivity index (χ4v) is 0. The predicted octanol–water partition coefficient (Wildman–Crippen LogP) is -0.0938. The zero-order chi connectivity index (χ0) is 5.15. The van der Waals surface area contributed by atoms with Crippen LogP contribution >= 0.6 is 0 Å². The second-order valence-electron chi connectivity index (χ2n) is 1.29. The van der Waals surface area contributed by atoms with Gasteiger partial charge in [0.25, 0.3) is 0 Å². The van der Waals surface area contributed by atoms with E-state index in [0.717, 1.165) is 0 Å². The fraction of sp³-hybridized carbons (Fsp3) is 0.500. The summed E-state index contributed by atoms with van der Waals surface area (Å²) in [5.41, 5.74) is 0. The summed E-state index contributed by atoms with van der Waals surface area (Å²) in [7, 11) is 3.32. The van der Waals surface area contributed by atoms with E-state index in [9.17, 15) is 4.79 Å². The van der Waals surface area contributed by atoms with Crippen LogP contribution in [0.2, 0.25) is 0 Å². The first-order valence-electron chi connectivity index (χ1n) is 1.68. The minimum atomic E-state index is -0.157. The Labute approximate surface area is 56.6 Å². The van der Waals surface area contributed by atoms with Gasteiger partial charge in [-0.15, -0.1) is 0 Å². The Morgan fingerprint density at radius 1 is 1.57 bits per heavy atom. The van der Waals surface area contributed by atoms with E-state index in [0.29, 0.717) is 0 Å². The predicted molar refractivity (Wildman–Crippen MR) is 24.1 cm³/mol. The number of nitrogens with zero attached hydrogens (tertiary/aromatic N) is 1. The maximum absolute atomic E-state index is 9.96. The molecule has 0 atom stereocenters. The average Bonchev–Trinajstić information content (AvgIpc) is 1.36. The summed E-state index contributed by atoms with van der Waals surface area (Å²) in [6.07, 6.45) is 0. The molecule has 0 aliphatic heterocycles. The summed E-state index contributed by atoms with van der Waals surface area (Å²) in [6, 6.07) is 0. The van der Waals surface area contributed by atoms with Gasteiger partial charge in [-0.1, -0.05) is 0 Å². The summed E-state index contributed by atoms with van der Waals surface area (Å²) in [6.45, 7) is 3.12. The van der Waals surface area contributed by atoms with Crippen LogP contribution in [0.25, 0.3) is 0 Å². The van der Waals surface area contributed by atoms with Gasteiger partial charge in [0.05, 0.1) is 5.91 Å². The van der Waals surface area contributed by atoms with Crippen molar-refractivity contribution in [1.29, 1.82) is 0 Å². The number of carbonyl (C=O) groups excluding carboxylic acids is 1. The first-order chi connectivity index (χ1) is 2.64. The molecular formula is C4H8NOZn-. The van der Waals surface area contributed by atoms with Gasteiger partial charge < -0.3 is 16.6 Å². The molecule has 0 aliphatic rings. The number of rotatable bonds is 0. The summed E-state index contributed by atoms with van der Waals surface area (Å²) in [5.74, 6) is -0.157. The van der Waals surface area contributed by atoms with Crippen LogP contribution in [0.5, 0.6) is 0 Å². The smallest absolute Gasteiger partial charge is 0.0817 e. The molecule has 0 fully saturated rings. The van der Waals surface area contributed by atoms with E-state index >= 15 is 0 Å². The molecule has 2 nitrogen and oxygen atoms in total. The minimum Gasteiger partial charge on any atom is -0.374 e. The molecule has 1 amide bonds. The van der Waals surface area contributed by atoms with E-state index in [1.54, 1.807) is 14.1 Å². The third-order valence-corrected chi connectivity index (χ3v) is 0.499. The van der Waals surface area contributed by atoms with Crippen LogP contribution in [0.3, 0.4) is 0 Å². The summed E-state index contributed by atoms with van der Waals surface area (Å²) < 4.78 is 0. The Bertz CT molecular complexity index is 62.7. The molecule has 0 aromatic heterocycles. The van der Waals surface area contributed by atoms with E-state index in [1.807, 2.05) is 0 Å². The van der Waals surface area contributed by atoms with Crippen molar-refractivity contribution in [1.82, 2.24) is 4.90 Å². The maximum atomic E-state index is 9.96. The van der Waals surface area contributed by atoms with Gasteiger partial charge >= 0.3 is 0 Å². The Morgan fingerprint density at radius 2 is 1.71 bits per heavy atom. The molecule has 0 N–H and O–H groups in total. The van der Waals surface area contributed by atoms with Crippen molar-refractivity contribution in [3.05, 3.63) is 6.92 Å². The molecule has 7 heavy (non-hydrogen) atoms. The molecule has 0 heterocycles. The van der Waals surface area contributed by atoms with Crippen LogP contribution in [0.15, 0.2) is 0 Å². The third-order valence-electron chi connectivity index (χ3n) is 0.499. The van der Waals surface area contributed by atoms with Crippen LogP contribution in [0.1, 0.15) is 0 Å². The molecule has 0 rings (SSSR count). The Kier molecular flexibility index (Phi) is 5.93. The zero-order valence-electron chi connectivity index (χ0n) is 4.77. The first kappa shape index (κ1) is 10.1. The summed E-state index contributed by atoms with van der Waals surface area (Å²) in [4.78, 5) is 11.4. The molecule has 0 radical (unpaired) electrons. The van der Waals surface area contributed by atoms with E-state index in [1.165, 1.54) is 4.90 Å². The third kappa shape index (κ3) is 5.96. The van der Waals surface area contributed by atoms with E-state index in [4.69, 9.17) is 0 Å². The van der Waals surface area contributed by atoms with Crippen LogP contribution in [-0.2, 0) is 24.3 Å². The van der Waals surface area contributed by atoms with Crippen molar-refractivity contribution in [2.45, 2.75) is 0 Å². The van der Waals surface area contributed by atoms with Crippen LogP contribution < -0.4 is 0 Å². The van der Waals surface area contributed by atoms with Crippen molar-refractivity contribution in [2.24, 2.45) is 0 Å². The number of amides is 1. The van der Waals surface area contributed by atoms with E-state index < -0.39 is 0 Å². The monoisotopic (exact) mass is 150 g/mol. The van der Waals surface area contributed by atoms with E-state index in [-0.39, 0.29) is 25.4 Å². The van der Waals surface area contributed by atoms with Gasteiger partial charge in [-0.05, 0) is 0 Å². The van der Waals surface area contributed by atoms with Crippen molar-refractivity contribution in [2.75, 3.05) is 14.1 Å². The second kappa shape index (κ2) is 4.13. The molecule has 0 aromatic rings. The second-order valence-corrected chi connectivity index (χ2v) is 1.29. The molecule has 0 saturated carbocycles. The number of carbonyl (C=O) groups is 1. The largest absolute Gasteiger partial charge is 0.374 e. The summed E-state index contributed by atoms with van der Waals surface area (Å²) >= 11 is 0. The van der Waals surface area contributed by atoms with Gasteiger partial charge in [0, 0.05) is 33.6 Å². The minimum absolute atomic E-state index is 0. The van der Waals surface area contributed by atoms with Gasteiger partial charge in [-0.25, -0.2) is 0 Å². The number of hydrogen-bond donors (Lipinski definition) is 0. The Hall–Kier alpha value is -0.0366. The molecule has 0 aromatic carbocycles. The van der Waals surface area contributed by atoms with Crippen molar-refractivity contribution >= 4 is 5.91 Å². The van der Waals surface area contributed by atoms with Gasteiger partial charge in [-0.2, -0.15) is 0 Å². The van der Waals surface area contributed by atoms with Crippen LogP contribution in [0, 0.1) is 6.92 Å². The van der Waals surface area contributed by atoms with Gasteiger partial charge in [0.15, 0.2) is 0 Å². The van der Waals surface area contributed by atoms with Crippen LogP contribution in [-0.4, -0.2) is 24.9 Å². The Morgan fingerprint density at radius 3 is 1.71 bits per heavy atom. The standard InChI is InChI=1S/C4H8NO.Zn/c1-4(6)5(2)3;/h1H2,2-3H3;/q-1;. The van der Waals surface area contributed by atoms with Crippen LogP contribution in [0.4, 0.5) is 0 Å². The molecule has 0 bridgehead atoms. The van der Waals surface area contributed by atoms with Gasteiger partial charge in [0.2, 0.25) is 0 Å². The Balaban J connectivity index is 0. The molecular weight excluding hydrogens is 143 g/mol. The van der Waals surface area contributed by atoms with Crippen molar-refractivity contribution in [3.63, 3.8) is 0 Å². The SMILES string of the molecule is [CH2-]C(=O)N(C)C.[Zn]. The molecule has 38 valence electrons. The van der Waals surface area contributed by atoms with E-state index in [2.05, 4.69) is 6.92 Å². The van der Waals surface area contributed by atoms with Crippen molar-refractivity contribution < 1.29 is 24.3 Å². The van der Waals surface area contributed by atoms with Crippen molar-refractivity contribution in [3.8, 4) is 0 Å². The zero-order valence-corrected chi connectivity index (χ0v) is 7.74. The molecule has 3 heteroatoms. The molecule has 0 spiro atoms. The fourth-order valence-electron chi connectivity index (χ4n) is 0. The molecule has 0 aliphatic carbocycles. The van der Waals surface area contributed by atoms with Gasteiger partial charge in [-0.3, -0.25) is 0 Å². The topological polar surface area (TPSA) is 20.3 Å². The first-order valence-corrected chi connectivity index (χ1v) is 1.68. The van der Waals surface area contributed by atoms with Gasteiger partial charge in [0.1, 0.15) is 0 Å². The maximum Gasteiger partial charge on any atom is 0.0817 e. The molecule has 0 unspecified atom stereocenters. The normalized spacial score (nSPS) is 6.57. The quantitative estimate of drug-likeness (QED) is 0.350. The average molecular weight is 152 g/mol.